The third-order valence-electron chi connectivity index (χ3n) is 2.99. The third-order valence-corrected chi connectivity index (χ3v) is 2.99. The molecule has 2 aromatic rings. The normalized spacial score (nSPS) is 12.4. The number of ether oxygens (including phenoxy) is 1. The second-order valence-electron chi connectivity index (χ2n) is 4.19. The van der Waals surface area contributed by atoms with Crippen LogP contribution in [0.5, 0.6) is 5.75 Å². The van der Waals surface area contributed by atoms with Crippen molar-refractivity contribution >= 4 is 0 Å². The Labute approximate surface area is 112 Å². The van der Waals surface area contributed by atoms with Gasteiger partial charge in [-0.25, -0.2) is 4.98 Å². The van der Waals surface area contributed by atoms with Gasteiger partial charge in [-0.2, -0.15) is 5.10 Å². The van der Waals surface area contributed by atoms with Crippen LogP contribution in [0.15, 0.2) is 30.6 Å². The van der Waals surface area contributed by atoms with Crippen LogP contribution in [0, 0.1) is 0 Å². The summed E-state index contributed by atoms with van der Waals surface area (Å²) in [5, 5.41) is 4.06. The molecule has 0 aliphatic heterocycles. The average Bonchev–Trinajstić information content (AvgIpc) is 2.83. The van der Waals surface area contributed by atoms with Gasteiger partial charge in [0.2, 0.25) is 0 Å². The number of nitrogens with two attached hydrogens (primary N) is 1. The lowest BCUT2D eigenvalue weighted by molar-refractivity contribution is 0.330. The van der Waals surface area contributed by atoms with Crippen LogP contribution in [0.2, 0.25) is 0 Å². The lowest BCUT2D eigenvalue weighted by Crippen LogP contribution is -2.30. The minimum atomic E-state index is -0.0642. The lowest BCUT2D eigenvalue weighted by atomic mass is 10.0. The Hall–Kier alpha value is -1.92. The van der Waals surface area contributed by atoms with E-state index in [9.17, 15) is 0 Å². The molecular formula is C13H19N5O. The van der Waals surface area contributed by atoms with Crippen molar-refractivity contribution in [3.63, 3.8) is 0 Å². The number of aryl methyl sites for hydroxylation is 1. The van der Waals surface area contributed by atoms with Gasteiger partial charge in [-0.05, 0) is 13.0 Å². The second kappa shape index (κ2) is 6.31. The third kappa shape index (κ3) is 3.10. The molecule has 0 spiro atoms. The van der Waals surface area contributed by atoms with Gasteiger partial charge in [-0.1, -0.05) is 18.2 Å². The first-order valence-electron chi connectivity index (χ1n) is 6.27. The molecule has 1 aromatic heterocycles. The van der Waals surface area contributed by atoms with E-state index < -0.39 is 0 Å². The van der Waals surface area contributed by atoms with Crippen LogP contribution in [0.1, 0.15) is 24.4 Å². The molecule has 0 bridgehead atoms. The molecule has 102 valence electrons. The van der Waals surface area contributed by atoms with Gasteiger partial charge in [0.1, 0.15) is 17.9 Å². The summed E-state index contributed by atoms with van der Waals surface area (Å²) in [5.74, 6) is 7.39. The van der Waals surface area contributed by atoms with Crippen LogP contribution < -0.4 is 16.0 Å². The predicted octanol–water partition coefficient (Wildman–Crippen LogP) is 0.961. The van der Waals surface area contributed by atoms with Gasteiger partial charge in [0, 0.05) is 19.0 Å². The van der Waals surface area contributed by atoms with Gasteiger partial charge in [0.05, 0.1) is 12.6 Å². The molecule has 6 nitrogen and oxygen atoms in total. The highest BCUT2D eigenvalue weighted by Crippen LogP contribution is 2.26. The molecule has 1 aromatic carbocycles. The maximum atomic E-state index is 5.67. The Morgan fingerprint density at radius 3 is 2.84 bits per heavy atom. The summed E-state index contributed by atoms with van der Waals surface area (Å²) in [6.45, 7) is 2.59. The number of nitrogens with zero attached hydrogens (tertiary/aromatic N) is 3. The molecule has 0 saturated carbocycles. The van der Waals surface area contributed by atoms with Crippen molar-refractivity contribution < 1.29 is 4.74 Å². The van der Waals surface area contributed by atoms with E-state index in [0.29, 0.717) is 13.0 Å². The van der Waals surface area contributed by atoms with Crippen LogP contribution in [0.4, 0.5) is 0 Å². The number of rotatable bonds is 6. The SMILES string of the molecule is CCOc1ccccc1C(Cc1ncnn1C)NN. The van der Waals surface area contributed by atoms with Gasteiger partial charge in [0.15, 0.2) is 0 Å². The average molecular weight is 261 g/mol. The molecular weight excluding hydrogens is 242 g/mol. The van der Waals surface area contributed by atoms with Crippen LogP contribution in [-0.4, -0.2) is 21.4 Å². The highest BCUT2D eigenvalue weighted by Gasteiger charge is 2.17. The molecule has 0 fully saturated rings. The van der Waals surface area contributed by atoms with Gasteiger partial charge < -0.3 is 4.74 Å². The molecule has 0 aliphatic carbocycles. The highest BCUT2D eigenvalue weighted by molar-refractivity contribution is 5.36. The largest absolute Gasteiger partial charge is 0.494 e. The van der Waals surface area contributed by atoms with Crippen molar-refractivity contribution in [3.8, 4) is 5.75 Å². The van der Waals surface area contributed by atoms with Gasteiger partial charge in [-0.15, -0.1) is 0 Å². The zero-order valence-corrected chi connectivity index (χ0v) is 11.2. The van der Waals surface area contributed by atoms with E-state index in [0.717, 1.165) is 17.1 Å². The molecule has 1 atom stereocenters. The summed E-state index contributed by atoms with van der Waals surface area (Å²) < 4.78 is 7.37. The Morgan fingerprint density at radius 2 is 2.21 bits per heavy atom. The fourth-order valence-corrected chi connectivity index (χ4v) is 2.00. The van der Waals surface area contributed by atoms with Gasteiger partial charge in [0.25, 0.3) is 0 Å². The molecule has 0 saturated heterocycles. The molecule has 0 aliphatic rings. The molecule has 19 heavy (non-hydrogen) atoms. The standard InChI is InChI=1S/C13H19N5O/c1-3-19-12-7-5-4-6-10(12)11(17-14)8-13-15-9-16-18(13)2/h4-7,9,11,17H,3,8,14H2,1-2H3. The molecule has 2 rings (SSSR count). The minimum Gasteiger partial charge on any atom is -0.494 e. The molecule has 1 unspecified atom stereocenters. The Kier molecular flexibility index (Phi) is 4.48. The quantitative estimate of drug-likeness (QED) is 0.598. The summed E-state index contributed by atoms with van der Waals surface area (Å²) in [6.07, 6.45) is 2.19. The first-order valence-corrected chi connectivity index (χ1v) is 6.27. The van der Waals surface area contributed by atoms with E-state index in [1.807, 2.05) is 38.2 Å². The van der Waals surface area contributed by atoms with Crippen molar-refractivity contribution in [1.82, 2.24) is 20.2 Å². The van der Waals surface area contributed by atoms with Gasteiger partial charge in [-0.3, -0.25) is 16.0 Å². The van der Waals surface area contributed by atoms with Crippen molar-refractivity contribution in [3.05, 3.63) is 42.0 Å². The number of aromatic nitrogens is 3. The maximum absolute atomic E-state index is 5.67. The summed E-state index contributed by atoms with van der Waals surface area (Å²) in [6, 6.07) is 7.81. The number of para-hydroxylation sites is 1. The van der Waals surface area contributed by atoms with Crippen molar-refractivity contribution in [2.24, 2.45) is 12.9 Å². The zero-order chi connectivity index (χ0) is 13.7. The lowest BCUT2D eigenvalue weighted by Gasteiger charge is -2.19. The van der Waals surface area contributed by atoms with Crippen molar-refractivity contribution in [2.75, 3.05) is 6.61 Å². The maximum Gasteiger partial charge on any atom is 0.138 e. The monoisotopic (exact) mass is 261 g/mol. The molecule has 6 heteroatoms. The zero-order valence-electron chi connectivity index (χ0n) is 11.2. The Balaban J connectivity index is 2.24. The smallest absolute Gasteiger partial charge is 0.138 e. The number of nitrogens with one attached hydrogen (secondary N) is 1. The topological polar surface area (TPSA) is 78.0 Å². The van der Waals surface area contributed by atoms with E-state index in [-0.39, 0.29) is 6.04 Å². The fraction of sp³-hybridized carbons (Fsp3) is 0.385. The molecule has 0 amide bonds. The second-order valence-corrected chi connectivity index (χ2v) is 4.19. The van der Waals surface area contributed by atoms with Gasteiger partial charge >= 0.3 is 0 Å². The van der Waals surface area contributed by atoms with Crippen LogP contribution in [0.25, 0.3) is 0 Å². The van der Waals surface area contributed by atoms with E-state index >= 15 is 0 Å². The van der Waals surface area contributed by atoms with E-state index in [1.54, 1.807) is 4.68 Å². The van der Waals surface area contributed by atoms with E-state index in [2.05, 4.69) is 15.5 Å². The summed E-state index contributed by atoms with van der Waals surface area (Å²) in [5.41, 5.74) is 3.84. The van der Waals surface area contributed by atoms with E-state index in [4.69, 9.17) is 10.6 Å². The molecule has 0 radical (unpaired) electrons. The summed E-state index contributed by atoms with van der Waals surface area (Å²) in [7, 11) is 1.87. The predicted molar refractivity (Wildman–Crippen MR) is 72.4 cm³/mol. The van der Waals surface area contributed by atoms with E-state index in [1.165, 1.54) is 6.33 Å². The number of hydrogen-bond donors (Lipinski definition) is 2. The number of hydrogen-bond acceptors (Lipinski definition) is 5. The first-order chi connectivity index (χ1) is 9.26. The number of benzene rings is 1. The molecule has 3 N–H and O–H groups in total. The van der Waals surface area contributed by atoms with Crippen LogP contribution >= 0.6 is 0 Å². The molecule has 1 heterocycles. The highest BCUT2D eigenvalue weighted by atomic mass is 16.5. The summed E-state index contributed by atoms with van der Waals surface area (Å²) >= 11 is 0. The first kappa shape index (κ1) is 13.5. The summed E-state index contributed by atoms with van der Waals surface area (Å²) in [4.78, 5) is 4.22. The van der Waals surface area contributed by atoms with Crippen LogP contribution in [-0.2, 0) is 13.5 Å². The Morgan fingerprint density at radius 1 is 1.42 bits per heavy atom. The fourth-order valence-electron chi connectivity index (χ4n) is 2.00. The number of hydrazine groups is 1. The minimum absolute atomic E-state index is 0.0642. The van der Waals surface area contributed by atoms with Crippen molar-refractivity contribution in [1.29, 1.82) is 0 Å². The Bertz CT molecular complexity index is 525. The van der Waals surface area contributed by atoms with Crippen molar-refractivity contribution in [2.45, 2.75) is 19.4 Å². The van der Waals surface area contributed by atoms with Crippen LogP contribution in [0.3, 0.4) is 0 Å².